The summed E-state index contributed by atoms with van der Waals surface area (Å²) in [4.78, 5) is 22.1. The molecule has 0 unspecified atom stereocenters. The predicted molar refractivity (Wildman–Crippen MR) is 130 cm³/mol. The lowest BCUT2D eigenvalue weighted by Crippen LogP contribution is -2.01. The van der Waals surface area contributed by atoms with Gasteiger partial charge in [0.15, 0.2) is 0 Å². The molecule has 7 rings (SSSR count). The van der Waals surface area contributed by atoms with Gasteiger partial charge < -0.3 is 0 Å². The zero-order chi connectivity index (χ0) is 24.6. The van der Waals surface area contributed by atoms with Gasteiger partial charge in [-0.15, -0.1) is 0 Å². The van der Waals surface area contributed by atoms with Gasteiger partial charge in [0, 0.05) is 26.9 Å². The molecular formula is C27H9F2N7. The van der Waals surface area contributed by atoms with E-state index in [0.717, 1.165) is 16.2 Å². The number of nitriles is 2. The lowest BCUT2D eigenvalue weighted by molar-refractivity contribution is 0.629. The molecule has 0 aliphatic heterocycles. The first-order valence-electron chi connectivity index (χ1n) is 10.8. The van der Waals surface area contributed by atoms with Crippen LogP contribution < -0.4 is 10.7 Å². The third-order valence-electron chi connectivity index (χ3n) is 6.39. The van der Waals surface area contributed by atoms with Gasteiger partial charge in [0.2, 0.25) is 12.4 Å². The van der Waals surface area contributed by atoms with Gasteiger partial charge in [-0.25, -0.2) is 23.7 Å². The van der Waals surface area contributed by atoms with E-state index in [1.807, 2.05) is 12.1 Å². The Kier molecular flexibility index (Phi) is 3.92. The van der Waals surface area contributed by atoms with Crippen LogP contribution in [0.25, 0.3) is 65.4 Å². The molecule has 0 atom stereocenters. The SMILES string of the molecule is N#CN=c1c2cc(F)ccc2c2cc3cc4nc5c(=NC#N)c6cc(F)ccc6c5nc4cc3nc12. The van der Waals surface area contributed by atoms with E-state index in [-0.39, 0.29) is 5.36 Å². The number of hydrogen-bond acceptors (Lipinski definition) is 7. The number of pyridine rings is 1. The van der Waals surface area contributed by atoms with Gasteiger partial charge >= 0.3 is 0 Å². The zero-order valence-electron chi connectivity index (χ0n) is 18.1. The van der Waals surface area contributed by atoms with Crippen molar-refractivity contribution in [3.8, 4) is 12.4 Å². The molecule has 0 N–H and O–H groups in total. The van der Waals surface area contributed by atoms with Crippen molar-refractivity contribution < 1.29 is 8.78 Å². The van der Waals surface area contributed by atoms with E-state index in [1.54, 1.807) is 30.6 Å². The first kappa shape index (κ1) is 20.0. The Morgan fingerprint density at radius 3 is 1.86 bits per heavy atom. The van der Waals surface area contributed by atoms with Crippen LogP contribution in [-0.2, 0) is 0 Å². The zero-order valence-corrected chi connectivity index (χ0v) is 18.1. The number of aromatic nitrogens is 3. The van der Waals surface area contributed by atoms with Crippen LogP contribution in [-0.4, -0.2) is 15.0 Å². The maximum atomic E-state index is 14.0. The van der Waals surface area contributed by atoms with Gasteiger partial charge in [0.1, 0.15) is 27.9 Å². The summed E-state index contributed by atoms with van der Waals surface area (Å²) in [6.45, 7) is 0. The van der Waals surface area contributed by atoms with Crippen LogP contribution in [0.3, 0.4) is 0 Å². The first-order valence-corrected chi connectivity index (χ1v) is 10.8. The highest BCUT2D eigenvalue weighted by atomic mass is 19.1. The first-order chi connectivity index (χ1) is 17.6. The van der Waals surface area contributed by atoms with E-state index in [0.29, 0.717) is 54.6 Å². The molecule has 5 aromatic carbocycles. The number of nitrogens with zero attached hydrogens (tertiary/aromatic N) is 7. The molecule has 0 saturated heterocycles. The fourth-order valence-corrected chi connectivity index (χ4v) is 4.91. The van der Waals surface area contributed by atoms with E-state index >= 15 is 0 Å². The van der Waals surface area contributed by atoms with Crippen LogP contribution in [0.15, 0.2) is 64.6 Å². The van der Waals surface area contributed by atoms with Crippen molar-refractivity contribution in [1.29, 1.82) is 10.5 Å². The summed E-state index contributed by atoms with van der Waals surface area (Å²) >= 11 is 0. The van der Waals surface area contributed by atoms with Crippen molar-refractivity contribution in [1.82, 2.24) is 15.0 Å². The summed E-state index contributed by atoms with van der Waals surface area (Å²) in [6.07, 6.45) is 3.56. The lowest BCUT2D eigenvalue weighted by atomic mass is 10.1. The minimum absolute atomic E-state index is 0.275. The number of hydrogen-bond donors (Lipinski definition) is 0. The van der Waals surface area contributed by atoms with Crippen LogP contribution in [0, 0.1) is 34.5 Å². The topological polar surface area (TPSA) is 111 Å². The molecule has 0 aliphatic rings. The quantitative estimate of drug-likeness (QED) is 0.236. The highest BCUT2D eigenvalue weighted by molar-refractivity contribution is 6.14. The fourth-order valence-electron chi connectivity index (χ4n) is 4.91. The van der Waals surface area contributed by atoms with Gasteiger partial charge in [0.05, 0.1) is 27.6 Å². The standard InChI is InChI=1S/C27H9F2N7/c28-13-1-3-15-17-5-12-6-21-22(9-20(12)34-26(17)23(32-10-30)18(15)7-13)35-25-16-4-2-14(29)8-19(16)24(33-11-31)27(25)36-21/h1-9H. The summed E-state index contributed by atoms with van der Waals surface area (Å²) in [5.41, 5.74) is 3.08. The van der Waals surface area contributed by atoms with E-state index in [2.05, 4.69) is 9.98 Å². The van der Waals surface area contributed by atoms with E-state index < -0.39 is 11.6 Å². The van der Waals surface area contributed by atoms with E-state index in [4.69, 9.17) is 15.0 Å². The summed E-state index contributed by atoms with van der Waals surface area (Å²) < 4.78 is 27.9. The molecule has 0 fully saturated rings. The molecular weight excluding hydrogens is 460 g/mol. The lowest BCUT2D eigenvalue weighted by Gasteiger charge is -2.03. The molecule has 7 nitrogen and oxygen atoms in total. The van der Waals surface area contributed by atoms with Gasteiger partial charge in [-0.3, -0.25) is 0 Å². The Bertz CT molecular complexity index is 2150. The normalized spacial score (nSPS) is 13.0. The van der Waals surface area contributed by atoms with Crippen molar-refractivity contribution in [2.24, 2.45) is 9.98 Å². The summed E-state index contributed by atoms with van der Waals surface area (Å²) in [5, 5.41) is 22.8. The average molecular weight is 469 g/mol. The molecule has 2 aromatic heterocycles. The van der Waals surface area contributed by atoms with Crippen molar-refractivity contribution in [2.45, 2.75) is 0 Å². The number of fused-ring (bicyclic) bond motifs is 8. The second-order valence-electron chi connectivity index (χ2n) is 8.34. The Labute approximate surface area is 199 Å². The summed E-state index contributed by atoms with van der Waals surface area (Å²) in [6, 6.07) is 14.1. The molecule has 0 amide bonds. The molecule has 36 heavy (non-hydrogen) atoms. The minimum Gasteiger partial charge on any atom is -0.245 e. The van der Waals surface area contributed by atoms with Gasteiger partial charge in [0.25, 0.3) is 0 Å². The highest BCUT2D eigenvalue weighted by Gasteiger charge is 2.16. The number of rotatable bonds is 0. The highest BCUT2D eigenvalue weighted by Crippen LogP contribution is 2.30. The molecule has 2 heterocycles. The smallest absolute Gasteiger partial charge is 0.206 e. The molecule has 0 aliphatic carbocycles. The Morgan fingerprint density at radius 2 is 1.14 bits per heavy atom. The maximum Gasteiger partial charge on any atom is 0.206 e. The van der Waals surface area contributed by atoms with Gasteiger partial charge in [-0.05, 0) is 53.9 Å². The third-order valence-corrected chi connectivity index (χ3v) is 6.39. The molecule has 9 heteroatoms. The predicted octanol–water partition coefficient (Wildman–Crippen LogP) is 4.71. The summed E-state index contributed by atoms with van der Waals surface area (Å²) in [5.74, 6) is -0.878. The van der Waals surface area contributed by atoms with Crippen LogP contribution >= 0.6 is 0 Å². The van der Waals surface area contributed by atoms with Gasteiger partial charge in [-0.1, -0.05) is 6.07 Å². The van der Waals surface area contributed by atoms with E-state index in [9.17, 15) is 19.3 Å². The Morgan fingerprint density at radius 1 is 0.556 bits per heavy atom. The molecule has 166 valence electrons. The minimum atomic E-state index is -0.448. The second kappa shape index (κ2) is 7.05. The number of benzene rings is 3. The molecule has 0 saturated carbocycles. The average Bonchev–Trinajstić information content (AvgIpc) is 3.31. The van der Waals surface area contributed by atoms with Crippen molar-refractivity contribution in [3.63, 3.8) is 0 Å². The fraction of sp³-hybridized carbons (Fsp3) is 0. The van der Waals surface area contributed by atoms with Crippen LogP contribution in [0.4, 0.5) is 8.78 Å². The number of halogens is 2. The second-order valence-corrected chi connectivity index (χ2v) is 8.34. The Hall–Kier alpha value is -5.41. The summed E-state index contributed by atoms with van der Waals surface area (Å²) in [7, 11) is 0. The Balaban J connectivity index is 1.63. The molecule has 0 bridgehead atoms. The van der Waals surface area contributed by atoms with Crippen LogP contribution in [0.5, 0.6) is 0 Å². The van der Waals surface area contributed by atoms with E-state index in [1.165, 1.54) is 24.3 Å². The monoisotopic (exact) mass is 469 g/mol. The van der Waals surface area contributed by atoms with Crippen LogP contribution in [0.1, 0.15) is 0 Å². The third kappa shape index (κ3) is 2.65. The van der Waals surface area contributed by atoms with Crippen molar-refractivity contribution in [2.75, 3.05) is 0 Å². The van der Waals surface area contributed by atoms with Crippen molar-refractivity contribution in [3.05, 3.63) is 76.9 Å². The van der Waals surface area contributed by atoms with Crippen LogP contribution in [0.2, 0.25) is 0 Å². The maximum absolute atomic E-state index is 14.0. The molecule has 0 spiro atoms. The molecule has 0 radical (unpaired) electrons. The molecule has 7 aromatic rings. The van der Waals surface area contributed by atoms with Crippen molar-refractivity contribution >= 4 is 65.4 Å². The van der Waals surface area contributed by atoms with Gasteiger partial charge in [-0.2, -0.15) is 20.5 Å². The largest absolute Gasteiger partial charge is 0.245 e.